The molecular weight excluding hydrogens is 196 g/mol. The zero-order chi connectivity index (χ0) is 11.8. The molecule has 1 aromatic rings. The van der Waals surface area contributed by atoms with Crippen molar-refractivity contribution in [1.82, 2.24) is 0 Å². The molecule has 3 N–H and O–H groups in total. The maximum atomic E-state index is 5.76. The first kappa shape index (κ1) is 11.5. The summed E-state index contributed by atoms with van der Waals surface area (Å²) in [4.78, 5) is 0. The van der Waals surface area contributed by atoms with Crippen molar-refractivity contribution >= 4 is 5.69 Å². The van der Waals surface area contributed by atoms with Gasteiger partial charge in [-0.15, -0.1) is 0 Å². The maximum absolute atomic E-state index is 5.76. The Morgan fingerprint density at radius 3 is 2.12 bits per heavy atom. The molecule has 0 aliphatic heterocycles. The van der Waals surface area contributed by atoms with Gasteiger partial charge in [0.15, 0.2) is 0 Å². The van der Waals surface area contributed by atoms with E-state index in [9.17, 15) is 0 Å². The number of benzene rings is 1. The van der Waals surface area contributed by atoms with Gasteiger partial charge in [0.1, 0.15) is 0 Å². The lowest BCUT2D eigenvalue weighted by atomic mass is 9.86. The highest BCUT2D eigenvalue weighted by Crippen LogP contribution is 2.26. The number of hydrogen-bond acceptors (Lipinski definition) is 2. The van der Waals surface area contributed by atoms with Gasteiger partial charge in [-0.25, -0.2) is 0 Å². The summed E-state index contributed by atoms with van der Waals surface area (Å²) in [7, 11) is 0. The van der Waals surface area contributed by atoms with Gasteiger partial charge in [0.25, 0.3) is 0 Å². The van der Waals surface area contributed by atoms with Gasteiger partial charge < -0.3 is 11.1 Å². The number of hydrogen-bond donors (Lipinski definition) is 2. The fourth-order valence-electron chi connectivity index (χ4n) is 2.08. The van der Waals surface area contributed by atoms with Crippen LogP contribution in [-0.4, -0.2) is 12.1 Å². The highest BCUT2D eigenvalue weighted by atomic mass is 15.0. The number of rotatable bonds is 2. The lowest BCUT2D eigenvalue weighted by Gasteiger charge is -2.34. The summed E-state index contributed by atoms with van der Waals surface area (Å²) >= 11 is 0. The van der Waals surface area contributed by atoms with Crippen LogP contribution in [0.3, 0.4) is 0 Å². The normalized spacial score (nSPS) is 25.0. The van der Waals surface area contributed by atoms with Crippen LogP contribution in [0.15, 0.2) is 24.3 Å². The zero-order valence-electron chi connectivity index (χ0n) is 10.5. The van der Waals surface area contributed by atoms with Gasteiger partial charge in [-0.05, 0) is 36.0 Å². The Bertz CT molecular complexity index is 342. The van der Waals surface area contributed by atoms with E-state index < -0.39 is 0 Å². The van der Waals surface area contributed by atoms with Crippen molar-refractivity contribution in [2.45, 2.75) is 51.1 Å². The molecule has 0 amide bonds. The lowest BCUT2D eigenvalue weighted by Crippen LogP contribution is -2.44. The monoisotopic (exact) mass is 218 g/mol. The average molecular weight is 218 g/mol. The van der Waals surface area contributed by atoms with Crippen molar-refractivity contribution in [3.8, 4) is 0 Å². The first-order valence-electron chi connectivity index (χ1n) is 6.08. The van der Waals surface area contributed by atoms with Crippen molar-refractivity contribution in [2.24, 2.45) is 5.73 Å². The molecule has 1 aliphatic carbocycles. The van der Waals surface area contributed by atoms with Crippen molar-refractivity contribution < 1.29 is 0 Å². The molecule has 0 unspecified atom stereocenters. The summed E-state index contributed by atoms with van der Waals surface area (Å²) in [5.74, 6) is 0. The Balaban J connectivity index is 1.97. The minimum atomic E-state index is 0.233. The molecule has 0 saturated heterocycles. The SMILES string of the molecule is CC(C)(C)c1ccc(NC2CC(N)C2)cc1. The van der Waals surface area contributed by atoms with E-state index in [1.807, 2.05) is 0 Å². The fraction of sp³-hybridized carbons (Fsp3) is 0.571. The minimum Gasteiger partial charge on any atom is -0.382 e. The predicted octanol–water partition coefficient (Wildman–Crippen LogP) is 2.89. The molecule has 2 rings (SSSR count). The molecule has 1 aliphatic rings. The Labute approximate surface area is 98.2 Å². The van der Waals surface area contributed by atoms with E-state index in [0.717, 1.165) is 12.8 Å². The molecule has 1 saturated carbocycles. The van der Waals surface area contributed by atoms with Crippen LogP contribution >= 0.6 is 0 Å². The molecule has 0 atom stereocenters. The second-order valence-corrected chi connectivity index (χ2v) is 5.90. The van der Waals surface area contributed by atoms with Crippen molar-refractivity contribution in [2.75, 3.05) is 5.32 Å². The lowest BCUT2D eigenvalue weighted by molar-refractivity contribution is 0.373. The Kier molecular flexibility index (Phi) is 2.94. The number of anilines is 1. The van der Waals surface area contributed by atoms with E-state index >= 15 is 0 Å². The van der Waals surface area contributed by atoms with Gasteiger partial charge in [0.2, 0.25) is 0 Å². The maximum Gasteiger partial charge on any atom is 0.0342 e. The Hall–Kier alpha value is -1.02. The molecule has 0 spiro atoms. The highest BCUT2D eigenvalue weighted by Gasteiger charge is 2.25. The summed E-state index contributed by atoms with van der Waals surface area (Å²) in [5.41, 5.74) is 8.59. The molecule has 2 heteroatoms. The Morgan fingerprint density at radius 1 is 1.12 bits per heavy atom. The van der Waals surface area contributed by atoms with Crippen molar-refractivity contribution in [3.63, 3.8) is 0 Å². The predicted molar refractivity (Wildman–Crippen MR) is 69.8 cm³/mol. The van der Waals surface area contributed by atoms with E-state index in [2.05, 4.69) is 50.4 Å². The molecule has 1 fully saturated rings. The molecular formula is C14H22N2. The Morgan fingerprint density at radius 2 is 1.69 bits per heavy atom. The van der Waals surface area contributed by atoms with Crippen LogP contribution in [0.5, 0.6) is 0 Å². The van der Waals surface area contributed by atoms with E-state index in [0.29, 0.717) is 12.1 Å². The summed E-state index contributed by atoms with van der Waals surface area (Å²) in [6.45, 7) is 6.71. The molecule has 1 aromatic carbocycles. The van der Waals surface area contributed by atoms with Gasteiger partial charge in [-0.3, -0.25) is 0 Å². The van der Waals surface area contributed by atoms with Crippen LogP contribution in [-0.2, 0) is 5.41 Å². The summed E-state index contributed by atoms with van der Waals surface area (Å²) in [6.07, 6.45) is 2.20. The van der Waals surface area contributed by atoms with Gasteiger partial charge in [0, 0.05) is 17.8 Å². The third-order valence-corrected chi connectivity index (χ3v) is 3.30. The second-order valence-electron chi connectivity index (χ2n) is 5.90. The number of nitrogens with one attached hydrogen (secondary N) is 1. The van der Waals surface area contributed by atoms with Crippen molar-refractivity contribution in [3.05, 3.63) is 29.8 Å². The highest BCUT2D eigenvalue weighted by molar-refractivity contribution is 5.47. The molecule has 2 nitrogen and oxygen atoms in total. The second kappa shape index (κ2) is 4.10. The summed E-state index contributed by atoms with van der Waals surface area (Å²) in [6, 6.07) is 9.75. The molecule has 0 heterocycles. The average Bonchev–Trinajstić information content (AvgIpc) is 2.15. The molecule has 0 bridgehead atoms. The van der Waals surface area contributed by atoms with Crippen LogP contribution in [0.2, 0.25) is 0 Å². The zero-order valence-corrected chi connectivity index (χ0v) is 10.5. The molecule has 0 radical (unpaired) electrons. The third-order valence-electron chi connectivity index (χ3n) is 3.30. The van der Waals surface area contributed by atoms with E-state index in [1.54, 1.807) is 0 Å². The molecule has 0 aromatic heterocycles. The van der Waals surface area contributed by atoms with Gasteiger partial charge >= 0.3 is 0 Å². The van der Waals surface area contributed by atoms with Crippen LogP contribution in [0.4, 0.5) is 5.69 Å². The van der Waals surface area contributed by atoms with E-state index in [4.69, 9.17) is 5.73 Å². The standard InChI is InChI=1S/C14H22N2/c1-14(2,3)10-4-6-12(7-5-10)16-13-8-11(15)9-13/h4-7,11,13,16H,8-9,15H2,1-3H3. The molecule has 16 heavy (non-hydrogen) atoms. The van der Waals surface area contributed by atoms with Crippen LogP contribution in [0.25, 0.3) is 0 Å². The van der Waals surface area contributed by atoms with E-state index in [1.165, 1.54) is 11.3 Å². The minimum absolute atomic E-state index is 0.233. The smallest absolute Gasteiger partial charge is 0.0342 e. The quantitative estimate of drug-likeness (QED) is 0.801. The van der Waals surface area contributed by atoms with Gasteiger partial charge in [-0.2, -0.15) is 0 Å². The first-order chi connectivity index (χ1) is 7.45. The van der Waals surface area contributed by atoms with Crippen LogP contribution in [0, 0.1) is 0 Å². The van der Waals surface area contributed by atoms with Crippen LogP contribution in [0.1, 0.15) is 39.2 Å². The molecule has 88 valence electrons. The largest absolute Gasteiger partial charge is 0.382 e. The van der Waals surface area contributed by atoms with Gasteiger partial charge in [0.05, 0.1) is 0 Å². The number of nitrogens with two attached hydrogens (primary N) is 1. The van der Waals surface area contributed by atoms with Crippen molar-refractivity contribution in [1.29, 1.82) is 0 Å². The summed E-state index contributed by atoms with van der Waals surface area (Å²) in [5, 5.41) is 3.51. The van der Waals surface area contributed by atoms with Crippen LogP contribution < -0.4 is 11.1 Å². The van der Waals surface area contributed by atoms with Gasteiger partial charge in [-0.1, -0.05) is 32.9 Å². The first-order valence-corrected chi connectivity index (χ1v) is 6.08. The topological polar surface area (TPSA) is 38.0 Å². The fourth-order valence-corrected chi connectivity index (χ4v) is 2.08. The summed E-state index contributed by atoms with van der Waals surface area (Å²) < 4.78 is 0. The third kappa shape index (κ3) is 2.56. The van der Waals surface area contributed by atoms with E-state index in [-0.39, 0.29) is 5.41 Å².